The maximum atomic E-state index is 12.2. The van der Waals surface area contributed by atoms with E-state index in [0.717, 1.165) is 31.5 Å². The Hall–Kier alpha value is -2.01. The van der Waals surface area contributed by atoms with Gasteiger partial charge in [0.25, 0.3) is 0 Å². The SMILES string of the molecule is COC(=O)c1c(COc2ccc(C3CC3)cc2Cl)nn2c1CCCC2. The van der Waals surface area contributed by atoms with Gasteiger partial charge in [0.1, 0.15) is 23.6 Å². The van der Waals surface area contributed by atoms with Crippen molar-refractivity contribution in [3.63, 3.8) is 0 Å². The number of aromatic nitrogens is 2. The van der Waals surface area contributed by atoms with Gasteiger partial charge in [0.15, 0.2) is 0 Å². The Bertz CT molecular complexity index is 811. The van der Waals surface area contributed by atoms with Crippen molar-refractivity contribution in [1.29, 1.82) is 0 Å². The van der Waals surface area contributed by atoms with Crippen LogP contribution in [0, 0.1) is 0 Å². The maximum absolute atomic E-state index is 12.2. The number of nitrogens with zero attached hydrogens (tertiary/aromatic N) is 2. The van der Waals surface area contributed by atoms with Gasteiger partial charge >= 0.3 is 5.97 Å². The molecule has 1 fully saturated rings. The van der Waals surface area contributed by atoms with Gasteiger partial charge in [-0.25, -0.2) is 4.79 Å². The predicted molar refractivity (Wildman–Crippen MR) is 94.3 cm³/mol. The predicted octanol–water partition coefficient (Wildman–Crippen LogP) is 4.12. The Morgan fingerprint density at radius 1 is 1.36 bits per heavy atom. The number of ether oxygens (including phenoxy) is 2. The minimum Gasteiger partial charge on any atom is -0.486 e. The summed E-state index contributed by atoms with van der Waals surface area (Å²) in [7, 11) is 1.40. The molecule has 4 rings (SSSR count). The van der Waals surface area contributed by atoms with Crippen LogP contribution in [0.5, 0.6) is 5.75 Å². The number of benzene rings is 1. The number of hydrogen-bond acceptors (Lipinski definition) is 4. The number of methoxy groups -OCH3 is 1. The van der Waals surface area contributed by atoms with Gasteiger partial charge in [0.2, 0.25) is 0 Å². The van der Waals surface area contributed by atoms with E-state index >= 15 is 0 Å². The van der Waals surface area contributed by atoms with Gasteiger partial charge in [-0.1, -0.05) is 17.7 Å². The smallest absolute Gasteiger partial charge is 0.341 e. The number of rotatable bonds is 5. The first-order chi connectivity index (χ1) is 12.2. The molecule has 0 N–H and O–H groups in total. The molecule has 0 atom stereocenters. The number of hydrogen-bond donors (Lipinski definition) is 0. The zero-order valence-corrected chi connectivity index (χ0v) is 15.0. The molecule has 0 saturated heterocycles. The van der Waals surface area contributed by atoms with Gasteiger partial charge in [0, 0.05) is 6.54 Å². The van der Waals surface area contributed by atoms with Crippen LogP contribution in [0.3, 0.4) is 0 Å². The minimum atomic E-state index is -0.350. The van der Waals surface area contributed by atoms with Crippen LogP contribution < -0.4 is 4.74 Å². The molecule has 1 aromatic carbocycles. The Kier molecular flexibility index (Phi) is 4.42. The van der Waals surface area contributed by atoms with E-state index in [0.29, 0.717) is 27.9 Å². The maximum Gasteiger partial charge on any atom is 0.341 e. The lowest BCUT2D eigenvalue weighted by molar-refractivity contribution is 0.0596. The van der Waals surface area contributed by atoms with E-state index < -0.39 is 0 Å². The largest absolute Gasteiger partial charge is 0.486 e. The highest BCUT2D eigenvalue weighted by molar-refractivity contribution is 6.32. The van der Waals surface area contributed by atoms with Crippen LogP contribution in [0.1, 0.15) is 58.9 Å². The third-order valence-electron chi connectivity index (χ3n) is 4.92. The van der Waals surface area contributed by atoms with Crippen molar-refractivity contribution in [2.45, 2.75) is 51.2 Å². The summed E-state index contributed by atoms with van der Waals surface area (Å²) in [4.78, 5) is 12.2. The van der Waals surface area contributed by atoms with Crippen molar-refractivity contribution in [2.75, 3.05) is 7.11 Å². The normalized spacial score (nSPS) is 16.4. The topological polar surface area (TPSA) is 53.4 Å². The van der Waals surface area contributed by atoms with E-state index in [-0.39, 0.29) is 12.6 Å². The number of carbonyl (C=O) groups excluding carboxylic acids is 1. The van der Waals surface area contributed by atoms with Crippen molar-refractivity contribution in [2.24, 2.45) is 0 Å². The van der Waals surface area contributed by atoms with E-state index in [1.54, 1.807) is 0 Å². The number of halogens is 1. The summed E-state index contributed by atoms with van der Waals surface area (Å²) >= 11 is 6.36. The molecule has 132 valence electrons. The monoisotopic (exact) mass is 360 g/mol. The Morgan fingerprint density at radius 3 is 2.92 bits per heavy atom. The summed E-state index contributed by atoms with van der Waals surface area (Å²) in [6, 6.07) is 5.95. The molecule has 0 spiro atoms. The molecule has 1 aromatic heterocycles. The highest BCUT2D eigenvalue weighted by Gasteiger charge is 2.27. The summed E-state index contributed by atoms with van der Waals surface area (Å²) < 4.78 is 12.7. The number of carbonyl (C=O) groups is 1. The number of fused-ring (bicyclic) bond motifs is 1. The third kappa shape index (κ3) is 3.25. The minimum absolute atomic E-state index is 0.201. The van der Waals surface area contributed by atoms with E-state index in [9.17, 15) is 4.79 Å². The highest BCUT2D eigenvalue weighted by atomic mass is 35.5. The Labute approximate surface area is 151 Å². The number of esters is 1. The summed E-state index contributed by atoms with van der Waals surface area (Å²) in [6.07, 6.45) is 5.45. The second-order valence-corrected chi connectivity index (χ2v) is 7.10. The summed E-state index contributed by atoms with van der Waals surface area (Å²) in [6.45, 7) is 1.03. The van der Waals surface area contributed by atoms with Crippen LogP contribution >= 0.6 is 11.6 Å². The zero-order valence-electron chi connectivity index (χ0n) is 14.3. The molecular weight excluding hydrogens is 340 g/mol. The van der Waals surface area contributed by atoms with Crippen molar-refractivity contribution < 1.29 is 14.3 Å². The molecule has 25 heavy (non-hydrogen) atoms. The summed E-state index contributed by atoms with van der Waals surface area (Å²) in [5.41, 5.74) is 3.39. The molecule has 1 aliphatic heterocycles. The summed E-state index contributed by atoms with van der Waals surface area (Å²) in [5.74, 6) is 0.919. The van der Waals surface area contributed by atoms with Crippen LogP contribution in [-0.4, -0.2) is 22.9 Å². The Balaban J connectivity index is 1.56. The fourth-order valence-electron chi connectivity index (χ4n) is 3.43. The molecule has 2 aliphatic rings. The molecule has 0 radical (unpaired) electrons. The molecule has 0 bridgehead atoms. The van der Waals surface area contributed by atoms with Crippen molar-refractivity contribution in [1.82, 2.24) is 9.78 Å². The van der Waals surface area contributed by atoms with Crippen molar-refractivity contribution in [3.05, 3.63) is 45.7 Å². The standard InChI is InChI=1S/C19H21ClN2O3/c1-24-19(23)18-15(21-22-9-3-2-4-16(18)22)11-25-17-8-7-13(10-14(17)20)12-5-6-12/h7-8,10,12H,2-6,9,11H2,1H3. The lowest BCUT2D eigenvalue weighted by Crippen LogP contribution is -2.14. The average molecular weight is 361 g/mol. The molecular formula is C19H21ClN2O3. The lowest BCUT2D eigenvalue weighted by Gasteiger charge is -2.13. The quantitative estimate of drug-likeness (QED) is 0.753. The average Bonchev–Trinajstić information content (AvgIpc) is 3.41. The second kappa shape index (κ2) is 6.71. The molecule has 2 aromatic rings. The number of aryl methyl sites for hydroxylation is 1. The fourth-order valence-corrected chi connectivity index (χ4v) is 3.68. The van der Waals surface area contributed by atoms with Gasteiger partial charge in [0.05, 0.1) is 17.8 Å². The lowest BCUT2D eigenvalue weighted by atomic mass is 10.1. The van der Waals surface area contributed by atoms with Gasteiger partial charge in [-0.3, -0.25) is 4.68 Å². The van der Waals surface area contributed by atoms with E-state index in [1.165, 1.54) is 25.5 Å². The fraction of sp³-hybridized carbons (Fsp3) is 0.474. The highest BCUT2D eigenvalue weighted by Crippen LogP contribution is 2.42. The molecule has 0 amide bonds. The van der Waals surface area contributed by atoms with Crippen LogP contribution in [-0.2, 0) is 24.3 Å². The van der Waals surface area contributed by atoms with Gasteiger partial charge in [-0.2, -0.15) is 5.10 Å². The Morgan fingerprint density at radius 2 is 2.20 bits per heavy atom. The van der Waals surface area contributed by atoms with Gasteiger partial charge < -0.3 is 9.47 Å². The van der Waals surface area contributed by atoms with Crippen molar-refractivity contribution >= 4 is 17.6 Å². The van der Waals surface area contributed by atoms with E-state index in [4.69, 9.17) is 21.1 Å². The molecule has 5 nitrogen and oxygen atoms in total. The van der Waals surface area contributed by atoms with Gasteiger partial charge in [-0.15, -0.1) is 0 Å². The second-order valence-electron chi connectivity index (χ2n) is 6.69. The summed E-state index contributed by atoms with van der Waals surface area (Å²) in [5, 5.41) is 5.17. The molecule has 2 heterocycles. The zero-order chi connectivity index (χ0) is 17.4. The molecule has 6 heteroatoms. The van der Waals surface area contributed by atoms with Crippen LogP contribution in [0.2, 0.25) is 5.02 Å². The first-order valence-electron chi connectivity index (χ1n) is 8.76. The molecule has 1 saturated carbocycles. The molecule has 1 aliphatic carbocycles. The van der Waals surface area contributed by atoms with Crippen LogP contribution in [0.4, 0.5) is 0 Å². The molecule has 0 unspecified atom stereocenters. The van der Waals surface area contributed by atoms with E-state index in [1.807, 2.05) is 16.8 Å². The first-order valence-corrected chi connectivity index (χ1v) is 9.14. The van der Waals surface area contributed by atoms with Gasteiger partial charge in [-0.05, 0) is 55.7 Å². The van der Waals surface area contributed by atoms with Crippen LogP contribution in [0.15, 0.2) is 18.2 Å². The van der Waals surface area contributed by atoms with E-state index in [2.05, 4.69) is 11.2 Å². The first kappa shape index (κ1) is 16.5. The van der Waals surface area contributed by atoms with Crippen LogP contribution in [0.25, 0.3) is 0 Å². The van der Waals surface area contributed by atoms with Crippen molar-refractivity contribution in [3.8, 4) is 5.75 Å². The third-order valence-corrected chi connectivity index (χ3v) is 5.22.